The molecule has 10 heteroatoms. The van der Waals surface area contributed by atoms with Gasteiger partial charge in [-0.2, -0.15) is 0 Å². The number of nitrogens with zero attached hydrogens (tertiary/aromatic N) is 4. The minimum atomic E-state index is -1.15. The normalized spacial score (nSPS) is 29.2. The van der Waals surface area contributed by atoms with Gasteiger partial charge >= 0.3 is 6.03 Å². The maximum Gasteiger partial charge on any atom is 0.339 e. The molecule has 2 N–H and O–H groups in total. The van der Waals surface area contributed by atoms with Gasteiger partial charge in [0.25, 0.3) is 11.8 Å². The lowest BCUT2D eigenvalue weighted by Gasteiger charge is -2.35. The lowest BCUT2D eigenvalue weighted by Crippen LogP contribution is -2.57. The number of methoxy groups -OCH3 is 1. The Balaban J connectivity index is 1.45. The highest BCUT2D eigenvalue weighted by atomic mass is 16.5. The summed E-state index contributed by atoms with van der Waals surface area (Å²) >= 11 is 0. The van der Waals surface area contributed by atoms with Gasteiger partial charge in [0.1, 0.15) is 11.6 Å². The zero-order valence-electron chi connectivity index (χ0n) is 18.0. The van der Waals surface area contributed by atoms with E-state index < -0.39 is 35.5 Å². The number of nitrogens with two attached hydrogens (primary N) is 1. The topological polar surface area (TPSA) is 126 Å². The fourth-order valence-corrected chi connectivity index (χ4v) is 5.34. The predicted molar refractivity (Wildman–Crippen MR) is 113 cm³/mol. The highest BCUT2D eigenvalue weighted by Crippen LogP contribution is 2.50. The van der Waals surface area contributed by atoms with Crippen molar-refractivity contribution in [3.63, 3.8) is 0 Å². The van der Waals surface area contributed by atoms with Crippen LogP contribution in [0, 0.1) is 0 Å². The lowest BCUT2D eigenvalue weighted by atomic mass is 9.99. The van der Waals surface area contributed by atoms with E-state index in [1.807, 2.05) is 0 Å². The van der Waals surface area contributed by atoms with E-state index in [0.717, 1.165) is 29.1 Å². The molecule has 0 radical (unpaired) electrons. The summed E-state index contributed by atoms with van der Waals surface area (Å²) in [7, 11) is 1.47. The van der Waals surface area contributed by atoms with Crippen molar-refractivity contribution in [2.45, 2.75) is 75.0 Å². The highest BCUT2D eigenvalue weighted by molar-refractivity contribution is 6.29. The van der Waals surface area contributed by atoms with Crippen molar-refractivity contribution >= 4 is 29.4 Å². The third-order valence-electron chi connectivity index (χ3n) is 7.21. The highest BCUT2D eigenvalue weighted by Gasteiger charge is 2.68. The van der Waals surface area contributed by atoms with Crippen LogP contribution in [0.4, 0.5) is 10.5 Å². The summed E-state index contributed by atoms with van der Waals surface area (Å²) in [6, 6.07) is 0.989. The molecule has 1 spiro atoms. The predicted octanol–water partition coefficient (Wildman–Crippen LogP) is 1.18. The molecule has 0 bridgehead atoms. The second-order valence-corrected chi connectivity index (χ2v) is 9.07. The maximum absolute atomic E-state index is 13.7. The molecule has 5 rings (SSSR count). The van der Waals surface area contributed by atoms with Crippen molar-refractivity contribution in [3.05, 3.63) is 18.3 Å². The van der Waals surface area contributed by atoms with E-state index in [-0.39, 0.29) is 17.6 Å². The van der Waals surface area contributed by atoms with Crippen LogP contribution >= 0.6 is 0 Å². The van der Waals surface area contributed by atoms with Crippen molar-refractivity contribution in [3.8, 4) is 5.88 Å². The number of pyridine rings is 1. The van der Waals surface area contributed by atoms with E-state index in [2.05, 4.69) is 4.98 Å². The number of urea groups is 1. The van der Waals surface area contributed by atoms with Gasteiger partial charge in [0.2, 0.25) is 11.8 Å². The number of ether oxygens (including phenoxy) is 1. The molecule has 1 aromatic rings. The van der Waals surface area contributed by atoms with Crippen LogP contribution < -0.4 is 15.4 Å². The fraction of sp³-hybridized carbons (Fsp3) is 0.591. The largest absolute Gasteiger partial charge is 0.481 e. The van der Waals surface area contributed by atoms with Crippen LogP contribution in [0.5, 0.6) is 5.88 Å². The van der Waals surface area contributed by atoms with Crippen LogP contribution in [0.1, 0.15) is 51.4 Å². The average Bonchev–Trinajstić information content (AvgIpc) is 3.42. The molecule has 0 unspecified atom stereocenters. The van der Waals surface area contributed by atoms with Gasteiger partial charge in [0.15, 0.2) is 0 Å². The Bertz CT molecular complexity index is 975. The number of hydrogen-bond donors (Lipinski definition) is 1. The molecule has 10 nitrogen and oxygen atoms in total. The van der Waals surface area contributed by atoms with E-state index in [1.165, 1.54) is 13.3 Å². The summed E-state index contributed by atoms with van der Waals surface area (Å²) in [5.74, 6) is -0.781. The summed E-state index contributed by atoms with van der Waals surface area (Å²) in [6.07, 6.45) is 6.65. The van der Waals surface area contributed by atoms with Gasteiger partial charge in [-0.3, -0.25) is 14.4 Å². The molecule has 170 valence electrons. The third-order valence-corrected chi connectivity index (χ3v) is 7.21. The Hall–Kier alpha value is -3.01. The number of rotatable bonds is 3. The zero-order valence-corrected chi connectivity index (χ0v) is 18.0. The van der Waals surface area contributed by atoms with Crippen LogP contribution in [0.3, 0.4) is 0 Å². The SMILES string of the molecule is COc1ccc(N2C(=O)N(C(=O)[C@@H]3CC[C@@H]4CCCC[C@H](N)C(=O)N43)C3(CC3)C2=O)cn1. The zero-order chi connectivity index (χ0) is 22.6. The fourth-order valence-electron chi connectivity index (χ4n) is 5.34. The molecule has 3 aliphatic heterocycles. The molecule has 1 aromatic heterocycles. The second kappa shape index (κ2) is 7.54. The second-order valence-electron chi connectivity index (χ2n) is 9.07. The van der Waals surface area contributed by atoms with Crippen LogP contribution in [0.2, 0.25) is 0 Å². The van der Waals surface area contributed by atoms with Crippen molar-refractivity contribution in [1.82, 2.24) is 14.8 Å². The first kappa shape index (κ1) is 20.9. The van der Waals surface area contributed by atoms with Gasteiger partial charge in [-0.05, 0) is 44.6 Å². The van der Waals surface area contributed by atoms with E-state index in [4.69, 9.17) is 10.5 Å². The molecule has 32 heavy (non-hydrogen) atoms. The van der Waals surface area contributed by atoms with Crippen molar-refractivity contribution in [1.29, 1.82) is 0 Å². The number of anilines is 1. The van der Waals surface area contributed by atoms with Gasteiger partial charge in [-0.15, -0.1) is 0 Å². The molecule has 4 aliphatic rings. The molecule has 4 fully saturated rings. The number of fused-ring (bicyclic) bond motifs is 1. The number of carbonyl (C=O) groups is 4. The van der Waals surface area contributed by atoms with Gasteiger partial charge in [0, 0.05) is 12.1 Å². The van der Waals surface area contributed by atoms with Gasteiger partial charge in [-0.25, -0.2) is 19.6 Å². The van der Waals surface area contributed by atoms with Gasteiger partial charge in [0.05, 0.1) is 25.0 Å². The Morgan fingerprint density at radius 2 is 1.88 bits per heavy atom. The third kappa shape index (κ3) is 3.00. The quantitative estimate of drug-likeness (QED) is 0.698. The first-order valence-electron chi connectivity index (χ1n) is 11.2. The number of aromatic nitrogens is 1. The van der Waals surface area contributed by atoms with Crippen LogP contribution in [0.25, 0.3) is 0 Å². The molecular weight excluding hydrogens is 414 g/mol. The van der Waals surface area contributed by atoms with E-state index in [9.17, 15) is 19.2 Å². The van der Waals surface area contributed by atoms with E-state index in [0.29, 0.717) is 38.0 Å². The minimum absolute atomic E-state index is 0.0479. The Labute approximate surface area is 185 Å². The van der Waals surface area contributed by atoms with Gasteiger partial charge < -0.3 is 15.4 Å². The van der Waals surface area contributed by atoms with Crippen molar-refractivity contribution in [2.24, 2.45) is 5.73 Å². The summed E-state index contributed by atoms with van der Waals surface area (Å²) in [6.45, 7) is 0. The molecule has 4 heterocycles. The number of amides is 5. The van der Waals surface area contributed by atoms with Crippen molar-refractivity contribution in [2.75, 3.05) is 12.0 Å². The van der Waals surface area contributed by atoms with Crippen molar-refractivity contribution < 1.29 is 23.9 Å². The molecule has 1 saturated carbocycles. The molecule has 3 atom stereocenters. The molecule has 1 aliphatic carbocycles. The lowest BCUT2D eigenvalue weighted by molar-refractivity contribution is -0.146. The molecule has 0 aromatic carbocycles. The first-order valence-corrected chi connectivity index (χ1v) is 11.2. The first-order chi connectivity index (χ1) is 15.4. The summed E-state index contributed by atoms with van der Waals surface area (Å²) in [5, 5.41) is 0. The van der Waals surface area contributed by atoms with Crippen LogP contribution in [0.15, 0.2) is 18.3 Å². The number of imide groups is 2. The van der Waals surface area contributed by atoms with E-state index in [1.54, 1.807) is 17.0 Å². The summed E-state index contributed by atoms with van der Waals surface area (Å²) in [4.78, 5) is 61.1. The van der Waals surface area contributed by atoms with Gasteiger partial charge in [-0.1, -0.05) is 12.8 Å². The van der Waals surface area contributed by atoms with Crippen LogP contribution in [-0.2, 0) is 14.4 Å². The van der Waals surface area contributed by atoms with Crippen LogP contribution in [-0.4, -0.2) is 69.3 Å². The average molecular weight is 441 g/mol. The smallest absolute Gasteiger partial charge is 0.339 e. The molecule has 5 amide bonds. The Kier molecular flexibility index (Phi) is 4.92. The van der Waals surface area contributed by atoms with E-state index >= 15 is 0 Å². The molecule has 3 saturated heterocycles. The monoisotopic (exact) mass is 441 g/mol. The summed E-state index contributed by atoms with van der Waals surface area (Å²) in [5.41, 5.74) is 5.23. The summed E-state index contributed by atoms with van der Waals surface area (Å²) < 4.78 is 5.04. The molecular formula is C22H27N5O5. The Morgan fingerprint density at radius 3 is 2.53 bits per heavy atom. The minimum Gasteiger partial charge on any atom is -0.481 e. The standard InChI is InChI=1S/C22H27N5O5/c1-32-17-9-7-14(12-24-17)26-20(30)22(10-11-22)27(21(26)31)19(29)16-8-6-13-4-2-3-5-15(23)18(28)25(13)16/h7,9,12-13,15-16H,2-6,8,10-11,23H2,1H3/t13-,15-,16-/m0/s1. The Morgan fingerprint density at radius 1 is 1.12 bits per heavy atom. The number of hydrogen-bond acceptors (Lipinski definition) is 7. The maximum atomic E-state index is 13.7. The number of carbonyl (C=O) groups excluding carboxylic acids is 4.